The Labute approximate surface area is 100.0 Å². The minimum atomic E-state index is -4.88. The van der Waals surface area contributed by atoms with Crippen LogP contribution in [0.2, 0.25) is 0 Å². The molecule has 7 heteroatoms. The van der Waals surface area contributed by atoms with E-state index in [1.165, 1.54) is 19.1 Å². The molecule has 0 bridgehead atoms. The molecule has 0 fully saturated rings. The summed E-state index contributed by atoms with van der Waals surface area (Å²) in [7, 11) is 0. The second-order valence-corrected chi connectivity index (χ2v) is 3.63. The van der Waals surface area contributed by atoms with Crippen LogP contribution in [0.25, 0.3) is 0 Å². The molecule has 0 radical (unpaired) electrons. The SMILES string of the molecule is Cc1cccc(OC(CC(=O)O)C(F)(F)F)c1F. The average molecular weight is 266 g/mol. The molecule has 3 nitrogen and oxygen atoms in total. The van der Waals surface area contributed by atoms with Gasteiger partial charge in [0.05, 0.1) is 6.42 Å². The van der Waals surface area contributed by atoms with Crippen LogP contribution in [-0.4, -0.2) is 23.4 Å². The molecule has 1 N–H and O–H groups in total. The van der Waals surface area contributed by atoms with Crippen molar-refractivity contribution in [1.82, 2.24) is 0 Å². The van der Waals surface area contributed by atoms with E-state index in [1.807, 2.05) is 0 Å². The molecule has 1 rings (SSSR count). The Morgan fingerprint density at radius 3 is 2.56 bits per heavy atom. The van der Waals surface area contributed by atoms with Gasteiger partial charge in [-0.15, -0.1) is 0 Å². The van der Waals surface area contributed by atoms with E-state index >= 15 is 0 Å². The van der Waals surface area contributed by atoms with Crippen molar-refractivity contribution < 1.29 is 32.2 Å². The number of carbonyl (C=O) groups is 1. The monoisotopic (exact) mass is 266 g/mol. The second-order valence-electron chi connectivity index (χ2n) is 3.63. The third-order valence-corrected chi connectivity index (χ3v) is 2.15. The number of hydrogen-bond donors (Lipinski definition) is 1. The van der Waals surface area contributed by atoms with Crippen LogP contribution in [0, 0.1) is 12.7 Å². The fraction of sp³-hybridized carbons (Fsp3) is 0.364. The van der Waals surface area contributed by atoms with E-state index in [9.17, 15) is 22.4 Å². The topological polar surface area (TPSA) is 46.5 Å². The molecular weight excluding hydrogens is 256 g/mol. The van der Waals surface area contributed by atoms with E-state index in [4.69, 9.17) is 5.11 Å². The highest BCUT2D eigenvalue weighted by Crippen LogP contribution is 2.29. The lowest BCUT2D eigenvalue weighted by Gasteiger charge is -2.20. The lowest BCUT2D eigenvalue weighted by atomic mass is 10.2. The maximum Gasteiger partial charge on any atom is 0.426 e. The van der Waals surface area contributed by atoms with Gasteiger partial charge in [-0.05, 0) is 18.6 Å². The standard InChI is InChI=1S/C11H10F4O3/c1-6-3-2-4-7(10(6)12)18-8(5-9(16)17)11(13,14)15/h2-4,8H,5H2,1H3,(H,16,17). The Morgan fingerprint density at radius 2 is 2.06 bits per heavy atom. The van der Waals surface area contributed by atoms with Gasteiger partial charge in [0.15, 0.2) is 11.6 Å². The number of aryl methyl sites for hydroxylation is 1. The highest BCUT2D eigenvalue weighted by atomic mass is 19.4. The molecule has 1 unspecified atom stereocenters. The minimum Gasteiger partial charge on any atom is -0.481 e. The summed E-state index contributed by atoms with van der Waals surface area (Å²) in [6.07, 6.45) is -8.74. The van der Waals surface area contributed by atoms with E-state index in [-0.39, 0.29) is 5.56 Å². The van der Waals surface area contributed by atoms with Crippen LogP contribution in [0.1, 0.15) is 12.0 Å². The van der Waals surface area contributed by atoms with Crippen LogP contribution in [0.3, 0.4) is 0 Å². The van der Waals surface area contributed by atoms with Crippen LogP contribution in [0.4, 0.5) is 17.6 Å². The summed E-state index contributed by atoms with van der Waals surface area (Å²) in [6.45, 7) is 1.36. The van der Waals surface area contributed by atoms with Gasteiger partial charge in [-0.3, -0.25) is 4.79 Å². The number of halogens is 4. The third-order valence-electron chi connectivity index (χ3n) is 2.15. The first-order valence-electron chi connectivity index (χ1n) is 4.92. The molecule has 0 heterocycles. The first-order valence-corrected chi connectivity index (χ1v) is 4.92. The fourth-order valence-corrected chi connectivity index (χ4v) is 1.25. The first-order chi connectivity index (χ1) is 8.21. The van der Waals surface area contributed by atoms with Gasteiger partial charge < -0.3 is 9.84 Å². The molecule has 0 aliphatic heterocycles. The average Bonchev–Trinajstić information content (AvgIpc) is 2.21. The Balaban J connectivity index is 2.96. The molecule has 0 saturated heterocycles. The predicted octanol–water partition coefficient (Wildman–Crippen LogP) is 2.92. The van der Waals surface area contributed by atoms with E-state index < -0.39 is 36.2 Å². The van der Waals surface area contributed by atoms with Gasteiger partial charge in [0.2, 0.25) is 6.10 Å². The quantitative estimate of drug-likeness (QED) is 0.852. The maximum atomic E-state index is 13.4. The van der Waals surface area contributed by atoms with Crippen molar-refractivity contribution in [2.75, 3.05) is 0 Å². The summed E-state index contributed by atoms with van der Waals surface area (Å²) in [5.74, 6) is -3.22. The van der Waals surface area contributed by atoms with Crippen LogP contribution < -0.4 is 4.74 Å². The summed E-state index contributed by atoms with van der Waals surface area (Å²) >= 11 is 0. The number of benzene rings is 1. The number of rotatable bonds is 4. The number of carboxylic acids is 1. The molecule has 0 saturated carbocycles. The van der Waals surface area contributed by atoms with Crippen LogP contribution >= 0.6 is 0 Å². The van der Waals surface area contributed by atoms with Gasteiger partial charge in [-0.2, -0.15) is 13.2 Å². The van der Waals surface area contributed by atoms with Crippen molar-refractivity contribution >= 4 is 5.97 Å². The summed E-state index contributed by atoms with van der Waals surface area (Å²) in [5, 5.41) is 8.38. The normalized spacial score (nSPS) is 13.2. The lowest BCUT2D eigenvalue weighted by Crippen LogP contribution is -2.36. The fourth-order valence-electron chi connectivity index (χ4n) is 1.25. The summed E-state index contributed by atoms with van der Waals surface area (Å²) in [5.41, 5.74) is 0.115. The van der Waals surface area contributed by atoms with Crippen molar-refractivity contribution in [3.05, 3.63) is 29.6 Å². The summed E-state index contributed by atoms with van der Waals surface area (Å²) in [4.78, 5) is 10.3. The Hall–Kier alpha value is -1.79. The van der Waals surface area contributed by atoms with Gasteiger partial charge in [-0.25, -0.2) is 4.39 Å². The Morgan fingerprint density at radius 1 is 1.44 bits per heavy atom. The zero-order valence-electron chi connectivity index (χ0n) is 9.29. The number of ether oxygens (including phenoxy) is 1. The van der Waals surface area contributed by atoms with Crippen molar-refractivity contribution in [3.63, 3.8) is 0 Å². The smallest absolute Gasteiger partial charge is 0.426 e. The lowest BCUT2D eigenvalue weighted by molar-refractivity contribution is -0.201. The van der Waals surface area contributed by atoms with Gasteiger partial charge in [-0.1, -0.05) is 12.1 Å². The summed E-state index contributed by atoms with van der Waals surface area (Å²) in [6, 6.07) is 3.70. The maximum absolute atomic E-state index is 13.4. The van der Waals surface area contributed by atoms with Crippen molar-refractivity contribution in [3.8, 4) is 5.75 Å². The van der Waals surface area contributed by atoms with Crippen LogP contribution in [0.5, 0.6) is 5.75 Å². The molecule has 0 aromatic heterocycles. The third kappa shape index (κ3) is 3.61. The molecule has 0 aliphatic rings. The van der Waals surface area contributed by atoms with E-state index in [0.717, 1.165) is 6.07 Å². The van der Waals surface area contributed by atoms with Crippen molar-refractivity contribution in [2.24, 2.45) is 0 Å². The van der Waals surface area contributed by atoms with Crippen molar-refractivity contribution in [2.45, 2.75) is 25.6 Å². The molecule has 0 spiro atoms. The van der Waals surface area contributed by atoms with E-state index in [2.05, 4.69) is 4.74 Å². The largest absolute Gasteiger partial charge is 0.481 e. The van der Waals surface area contributed by atoms with Gasteiger partial charge in [0.1, 0.15) is 0 Å². The van der Waals surface area contributed by atoms with Gasteiger partial charge >= 0.3 is 12.1 Å². The summed E-state index contributed by atoms with van der Waals surface area (Å²) < 4.78 is 55.3. The van der Waals surface area contributed by atoms with Crippen molar-refractivity contribution in [1.29, 1.82) is 0 Å². The van der Waals surface area contributed by atoms with Gasteiger partial charge in [0, 0.05) is 0 Å². The predicted molar refractivity (Wildman–Crippen MR) is 53.9 cm³/mol. The molecule has 1 atom stereocenters. The molecule has 1 aromatic rings. The number of aliphatic carboxylic acids is 1. The molecule has 100 valence electrons. The van der Waals surface area contributed by atoms with Crippen LogP contribution in [-0.2, 0) is 4.79 Å². The number of alkyl halides is 3. The van der Waals surface area contributed by atoms with E-state index in [0.29, 0.717) is 0 Å². The molecule has 18 heavy (non-hydrogen) atoms. The number of hydrogen-bond acceptors (Lipinski definition) is 2. The van der Waals surface area contributed by atoms with Crippen LogP contribution in [0.15, 0.2) is 18.2 Å². The highest BCUT2D eigenvalue weighted by molar-refractivity contribution is 5.67. The highest BCUT2D eigenvalue weighted by Gasteiger charge is 2.43. The zero-order chi connectivity index (χ0) is 13.9. The molecule has 1 aromatic carbocycles. The number of carboxylic acid groups (broad SMARTS) is 1. The zero-order valence-corrected chi connectivity index (χ0v) is 9.29. The minimum absolute atomic E-state index is 0.115. The first kappa shape index (κ1) is 14.3. The molecular formula is C11H10F4O3. The Kier molecular flexibility index (Phi) is 4.15. The van der Waals surface area contributed by atoms with Gasteiger partial charge in [0.25, 0.3) is 0 Å². The Bertz CT molecular complexity index is 442. The second kappa shape index (κ2) is 5.24. The molecule has 0 amide bonds. The molecule has 0 aliphatic carbocycles. The van der Waals surface area contributed by atoms with E-state index in [1.54, 1.807) is 0 Å².